The van der Waals surface area contributed by atoms with Gasteiger partial charge >= 0.3 is 0 Å². The second-order valence-corrected chi connectivity index (χ2v) is 26.2. The standard InChI is InChI=1S/C50H30N2O.C45H28N2O/c1-2-13-32(14-3-1)47-49-48(46-38-19-5-4-12-31(38)25-27-45(46)53-49)52-50(51-47)37-18-11-17-35(29-37)33-15-10-16-34(28-33)36-24-26-43-41-22-7-6-20-39(41)40-21-8-9-23-42(40)44(43)30-36;1-3-15-30(16-4-1)41-43-42(40-34-21-8-7-14-29(34)26-27-39(40)48-43)47-44(46-41)31-17-13-20-33(28-31)45(32-18-5-2-6-19-32)37-24-11-9-22-35(37)36-23-10-12-25-38(36)45/h1-30H;1-28H. The Kier molecular flexibility index (Phi) is 13.4. The highest BCUT2D eigenvalue weighted by atomic mass is 16.3. The maximum absolute atomic E-state index is 6.57. The number of furan rings is 2. The van der Waals surface area contributed by atoms with Crippen LogP contribution in [0.15, 0.2) is 361 Å². The van der Waals surface area contributed by atoms with Crippen LogP contribution in [0.2, 0.25) is 0 Å². The molecule has 101 heavy (non-hydrogen) atoms. The van der Waals surface area contributed by atoms with Gasteiger partial charge in [-0.25, -0.2) is 19.9 Å². The van der Waals surface area contributed by atoms with E-state index in [0.717, 1.165) is 99.3 Å². The normalized spacial score (nSPS) is 12.4. The van der Waals surface area contributed by atoms with Crippen molar-refractivity contribution in [3.63, 3.8) is 0 Å². The van der Waals surface area contributed by atoms with Crippen LogP contribution in [0.4, 0.5) is 0 Å². The van der Waals surface area contributed by atoms with E-state index >= 15 is 0 Å². The summed E-state index contributed by atoms with van der Waals surface area (Å²) in [5.41, 5.74) is 21.7. The van der Waals surface area contributed by atoms with Gasteiger partial charge in [0.1, 0.15) is 33.6 Å². The van der Waals surface area contributed by atoms with Gasteiger partial charge < -0.3 is 8.83 Å². The van der Waals surface area contributed by atoms with Crippen LogP contribution in [0.3, 0.4) is 0 Å². The molecule has 0 fully saturated rings. The number of fused-ring (bicyclic) bond motifs is 19. The molecule has 0 bridgehead atoms. The highest BCUT2D eigenvalue weighted by Crippen LogP contribution is 2.56. The molecule has 470 valence electrons. The van der Waals surface area contributed by atoms with E-state index in [1.807, 2.05) is 48.5 Å². The summed E-state index contributed by atoms with van der Waals surface area (Å²) in [5.74, 6) is 1.33. The number of nitrogens with zero attached hydrogens (tertiary/aromatic N) is 4. The van der Waals surface area contributed by atoms with Crippen LogP contribution < -0.4 is 0 Å². The molecule has 21 rings (SSSR count). The molecule has 0 saturated heterocycles. The van der Waals surface area contributed by atoms with Gasteiger partial charge in [-0.2, -0.15) is 0 Å². The average molecular weight is 1290 g/mol. The zero-order valence-corrected chi connectivity index (χ0v) is 54.6. The van der Waals surface area contributed by atoms with Gasteiger partial charge in [-0.05, 0) is 146 Å². The SMILES string of the molecule is c1ccc(-c2nc(-c3cccc(-c4cccc(-c5ccc6c7ccccc7c7ccccc7c6c5)c4)c3)nc3c2oc2ccc4ccccc4c23)cc1.c1ccc(-c2nc(-c3cccc(C4(c5ccccc5)c5ccccc5-c5ccccc54)c3)nc3c2oc2ccc4ccccc4c23)cc1. The molecule has 4 aromatic heterocycles. The van der Waals surface area contributed by atoms with Crippen molar-refractivity contribution in [1.29, 1.82) is 0 Å². The van der Waals surface area contributed by atoms with Crippen molar-refractivity contribution in [2.24, 2.45) is 0 Å². The van der Waals surface area contributed by atoms with Crippen LogP contribution in [0.1, 0.15) is 22.3 Å². The van der Waals surface area contributed by atoms with E-state index < -0.39 is 5.41 Å². The van der Waals surface area contributed by atoms with Crippen molar-refractivity contribution in [2.45, 2.75) is 5.41 Å². The predicted molar refractivity (Wildman–Crippen MR) is 416 cm³/mol. The van der Waals surface area contributed by atoms with Crippen molar-refractivity contribution < 1.29 is 8.83 Å². The van der Waals surface area contributed by atoms with E-state index in [0.29, 0.717) is 22.8 Å². The highest BCUT2D eigenvalue weighted by molar-refractivity contribution is 6.26. The third-order valence-corrected chi connectivity index (χ3v) is 20.6. The van der Waals surface area contributed by atoms with Gasteiger partial charge in [-0.3, -0.25) is 0 Å². The molecule has 0 spiro atoms. The van der Waals surface area contributed by atoms with E-state index in [4.69, 9.17) is 28.8 Å². The topological polar surface area (TPSA) is 77.8 Å². The van der Waals surface area contributed by atoms with E-state index in [2.05, 4.69) is 303 Å². The predicted octanol–water partition coefficient (Wildman–Crippen LogP) is 24.9. The lowest BCUT2D eigenvalue weighted by Gasteiger charge is -2.34. The fourth-order valence-electron chi connectivity index (χ4n) is 16.1. The van der Waals surface area contributed by atoms with Crippen molar-refractivity contribution in [3.8, 4) is 78.7 Å². The monoisotopic (exact) mass is 1290 g/mol. The van der Waals surface area contributed by atoms with Gasteiger partial charge in [-0.15, -0.1) is 0 Å². The van der Waals surface area contributed by atoms with Crippen molar-refractivity contribution in [1.82, 2.24) is 19.9 Å². The summed E-state index contributed by atoms with van der Waals surface area (Å²) in [4.78, 5) is 21.0. The lowest BCUT2D eigenvalue weighted by molar-refractivity contribution is 0.667. The highest BCUT2D eigenvalue weighted by Gasteiger charge is 2.46. The molecule has 20 aromatic rings. The molecule has 4 heterocycles. The molecule has 0 N–H and O–H groups in total. The summed E-state index contributed by atoms with van der Waals surface area (Å²) < 4.78 is 13.1. The zero-order valence-electron chi connectivity index (χ0n) is 54.6. The van der Waals surface area contributed by atoms with Gasteiger partial charge in [-0.1, -0.05) is 315 Å². The summed E-state index contributed by atoms with van der Waals surface area (Å²) in [6.07, 6.45) is 0. The molecule has 0 unspecified atom stereocenters. The number of benzene rings is 16. The molecule has 1 aliphatic rings. The summed E-state index contributed by atoms with van der Waals surface area (Å²) in [6, 6.07) is 125. The number of hydrogen-bond donors (Lipinski definition) is 0. The second kappa shape index (κ2) is 23.4. The Morgan fingerprint density at radius 2 is 0.594 bits per heavy atom. The van der Waals surface area contributed by atoms with Crippen LogP contribution in [0.5, 0.6) is 0 Å². The molecule has 0 amide bonds. The van der Waals surface area contributed by atoms with Gasteiger partial charge in [0.25, 0.3) is 0 Å². The van der Waals surface area contributed by atoms with Crippen LogP contribution in [0.25, 0.3) is 177 Å². The molecule has 1 aliphatic carbocycles. The fraction of sp³-hybridized carbons (Fsp3) is 0.0105. The van der Waals surface area contributed by atoms with E-state index in [-0.39, 0.29) is 0 Å². The van der Waals surface area contributed by atoms with E-state index in [1.54, 1.807) is 0 Å². The van der Waals surface area contributed by atoms with Crippen LogP contribution in [-0.4, -0.2) is 19.9 Å². The summed E-state index contributed by atoms with van der Waals surface area (Å²) >= 11 is 0. The zero-order chi connectivity index (χ0) is 66.5. The molecule has 0 radical (unpaired) electrons. The molecule has 0 atom stereocenters. The van der Waals surface area contributed by atoms with E-state index in [1.165, 1.54) is 76.8 Å². The third kappa shape index (κ3) is 9.34. The van der Waals surface area contributed by atoms with Crippen LogP contribution in [-0.2, 0) is 5.41 Å². The maximum atomic E-state index is 6.57. The summed E-state index contributed by atoms with van der Waals surface area (Å²) in [5, 5.41) is 14.2. The largest absolute Gasteiger partial charge is 0.452 e. The first-order chi connectivity index (χ1) is 50.1. The Bertz CT molecular complexity index is 6640. The summed E-state index contributed by atoms with van der Waals surface area (Å²) in [7, 11) is 0. The molecule has 0 saturated carbocycles. The lowest BCUT2D eigenvalue weighted by Crippen LogP contribution is -2.28. The molecule has 16 aromatic carbocycles. The Balaban J connectivity index is 0.000000136. The molecule has 6 heteroatoms. The lowest BCUT2D eigenvalue weighted by atomic mass is 9.67. The smallest absolute Gasteiger partial charge is 0.180 e. The Morgan fingerprint density at radius 3 is 1.11 bits per heavy atom. The Labute approximate surface area is 581 Å². The second-order valence-electron chi connectivity index (χ2n) is 26.2. The van der Waals surface area contributed by atoms with Crippen molar-refractivity contribution >= 4 is 98.0 Å². The minimum atomic E-state index is -0.505. The number of rotatable bonds is 8. The quantitative estimate of drug-likeness (QED) is 0.141. The molecule has 6 nitrogen and oxygen atoms in total. The first-order valence-corrected chi connectivity index (χ1v) is 34.3. The van der Waals surface area contributed by atoms with Gasteiger partial charge in [0.2, 0.25) is 0 Å². The Morgan fingerprint density at radius 1 is 0.228 bits per heavy atom. The summed E-state index contributed by atoms with van der Waals surface area (Å²) in [6.45, 7) is 0. The van der Waals surface area contributed by atoms with Crippen molar-refractivity contribution in [3.05, 3.63) is 374 Å². The van der Waals surface area contributed by atoms with Crippen molar-refractivity contribution in [2.75, 3.05) is 0 Å². The molecule has 0 aliphatic heterocycles. The van der Waals surface area contributed by atoms with Gasteiger partial charge in [0.15, 0.2) is 22.8 Å². The first-order valence-electron chi connectivity index (χ1n) is 34.3. The van der Waals surface area contributed by atoms with Crippen LogP contribution >= 0.6 is 0 Å². The molecular weight excluding hydrogens is 1230 g/mol. The third-order valence-electron chi connectivity index (χ3n) is 20.6. The van der Waals surface area contributed by atoms with E-state index in [9.17, 15) is 0 Å². The van der Waals surface area contributed by atoms with Crippen LogP contribution in [0, 0.1) is 0 Å². The maximum Gasteiger partial charge on any atom is 0.180 e. The minimum Gasteiger partial charge on any atom is -0.452 e. The molecular formula is C95H58N4O2. The number of hydrogen-bond acceptors (Lipinski definition) is 6. The fourth-order valence-corrected chi connectivity index (χ4v) is 16.1. The number of aromatic nitrogens is 4. The first kappa shape index (κ1) is 57.8. The van der Waals surface area contributed by atoms with Gasteiger partial charge in [0.05, 0.1) is 16.2 Å². The minimum absolute atomic E-state index is 0.505. The Hall–Kier alpha value is -13.4. The average Bonchev–Trinajstić information content (AvgIpc) is 1.57. The van der Waals surface area contributed by atoms with Gasteiger partial charge in [0, 0.05) is 22.3 Å².